The van der Waals surface area contributed by atoms with Crippen LogP contribution in [-0.4, -0.2) is 30.9 Å². The minimum Gasteiger partial charge on any atom is -0.490 e. The molecule has 1 amide bonds. The minimum atomic E-state index is -0.598. The van der Waals surface area contributed by atoms with Gasteiger partial charge in [-0.25, -0.2) is 9.59 Å². The molecule has 2 rings (SSSR count). The minimum absolute atomic E-state index is 0.122. The van der Waals surface area contributed by atoms with Crippen LogP contribution in [0.15, 0.2) is 54.6 Å². The van der Waals surface area contributed by atoms with Crippen molar-refractivity contribution >= 4 is 17.7 Å². The molecule has 138 valence electrons. The number of nitrogens with one attached hydrogen (secondary N) is 1. The second-order valence-electron chi connectivity index (χ2n) is 6.51. The van der Waals surface area contributed by atoms with Gasteiger partial charge in [0.2, 0.25) is 0 Å². The maximum Gasteiger partial charge on any atom is 0.412 e. The molecule has 0 aromatic heterocycles. The zero-order valence-corrected chi connectivity index (χ0v) is 15.2. The Morgan fingerprint density at radius 2 is 1.69 bits per heavy atom. The molecule has 0 aliphatic carbocycles. The van der Waals surface area contributed by atoms with E-state index in [1.807, 2.05) is 30.3 Å². The van der Waals surface area contributed by atoms with Crippen molar-refractivity contribution < 1.29 is 23.8 Å². The van der Waals surface area contributed by atoms with Crippen LogP contribution >= 0.6 is 0 Å². The van der Waals surface area contributed by atoms with Crippen LogP contribution in [0.2, 0.25) is 0 Å². The first-order chi connectivity index (χ1) is 12.3. The van der Waals surface area contributed by atoms with Crippen molar-refractivity contribution in [1.82, 2.24) is 0 Å². The van der Waals surface area contributed by atoms with Crippen LogP contribution in [0.4, 0.5) is 10.5 Å². The number of esters is 1. The lowest BCUT2D eigenvalue weighted by molar-refractivity contribution is 0.0449. The third-order valence-electron chi connectivity index (χ3n) is 3.07. The van der Waals surface area contributed by atoms with Gasteiger partial charge in [0, 0.05) is 5.69 Å². The first-order valence-electron chi connectivity index (χ1n) is 8.28. The fourth-order valence-corrected chi connectivity index (χ4v) is 2.04. The molecule has 26 heavy (non-hydrogen) atoms. The van der Waals surface area contributed by atoms with Gasteiger partial charge in [-0.3, -0.25) is 5.32 Å². The van der Waals surface area contributed by atoms with Crippen molar-refractivity contribution in [2.45, 2.75) is 26.4 Å². The van der Waals surface area contributed by atoms with Gasteiger partial charge in [0.15, 0.2) is 0 Å². The lowest BCUT2D eigenvalue weighted by Crippen LogP contribution is -2.27. The summed E-state index contributed by atoms with van der Waals surface area (Å²) in [6, 6.07) is 15.7. The van der Waals surface area contributed by atoms with Crippen molar-refractivity contribution in [2.24, 2.45) is 0 Å². The summed E-state index contributed by atoms with van der Waals surface area (Å²) < 4.78 is 15.8. The Hall–Kier alpha value is -3.02. The van der Waals surface area contributed by atoms with E-state index in [2.05, 4.69) is 5.32 Å². The van der Waals surface area contributed by atoms with E-state index in [-0.39, 0.29) is 13.2 Å². The second kappa shape index (κ2) is 8.89. The lowest BCUT2D eigenvalue weighted by atomic mass is 10.2. The molecular formula is C20H23NO5. The van der Waals surface area contributed by atoms with E-state index in [0.29, 0.717) is 17.0 Å². The maximum atomic E-state index is 12.1. The maximum absolute atomic E-state index is 12.1. The molecule has 0 unspecified atom stereocenters. The zero-order chi connectivity index (χ0) is 19.0. The van der Waals surface area contributed by atoms with Crippen LogP contribution in [-0.2, 0) is 9.47 Å². The smallest absolute Gasteiger partial charge is 0.412 e. The molecule has 2 aromatic rings. The fourth-order valence-electron chi connectivity index (χ4n) is 2.04. The number of ether oxygens (including phenoxy) is 3. The van der Waals surface area contributed by atoms with Crippen molar-refractivity contribution in [1.29, 1.82) is 0 Å². The number of benzene rings is 2. The standard InChI is InChI=1S/C20H23NO5/c1-20(2,3)26-19(23)21-16-9-7-8-15(14-16)18(22)25-13-12-24-17-10-5-4-6-11-17/h4-11,14H,12-13H2,1-3H3,(H,21,23). The Labute approximate surface area is 153 Å². The average molecular weight is 357 g/mol. The molecule has 6 heteroatoms. The van der Waals surface area contributed by atoms with E-state index >= 15 is 0 Å². The van der Waals surface area contributed by atoms with Gasteiger partial charge in [0.05, 0.1) is 5.56 Å². The highest BCUT2D eigenvalue weighted by molar-refractivity contribution is 5.92. The number of rotatable bonds is 6. The van der Waals surface area contributed by atoms with E-state index < -0.39 is 17.7 Å². The highest BCUT2D eigenvalue weighted by atomic mass is 16.6. The van der Waals surface area contributed by atoms with Gasteiger partial charge < -0.3 is 14.2 Å². The van der Waals surface area contributed by atoms with Gasteiger partial charge in [0.1, 0.15) is 24.6 Å². The number of hydrogen-bond donors (Lipinski definition) is 1. The molecule has 0 aliphatic rings. The molecule has 0 atom stereocenters. The Morgan fingerprint density at radius 3 is 2.38 bits per heavy atom. The number of carbonyl (C=O) groups is 2. The SMILES string of the molecule is CC(C)(C)OC(=O)Nc1cccc(C(=O)OCCOc2ccccc2)c1. The normalized spacial score (nSPS) is 10.7. The number of hydrogen-bond acceptors (Lipinski definition) is 5. The highest BCUT2D eigenvalue weighted by Crippen LogP contribution is 2.14. The predicted molar refractivity (Wildman–Crippen MR) is 98.5 cm³/mol. The predicted octanol–water partition coefficient (Wildman–Crippen LogP) is 4.27. The quantitative estimate of drug-likeness (QED) is 0.617. The highest BCUT2D eigenvalue weighted by Gasteiger charge is 2.16. The van der Waals surface area contributed by atoms with Crippen LogP contribution in [0.5, 0.6) is 5.75 Å². The van der Waals surface area contributed by atoms with Gasteiger partial charge in [-0.2, -0.15) is 0 Å². The third-order valence-corrected chi connectivity index (χ3v) is 3.07. The molecule has 0 aliphatic heterocycles. The molecule has 0 heterocycles. The number of amides is 1. The Bertz CT molecular complexity index is 737. The Morgan fingerprint density at radius 1 is 0.962 bits per heavy atom. The molecule has 0 fully saturated rings. The fraction of sp³-hybridized carbons (Fsp3) is 0.300. The lowest BCUT2D eigenvalue weighted by Gasteiger charge is -2.19. The van der Waals surface area contributed by atoms with E-state index in [0.717, 1.165) is 0 Å². The summed E-state index contributed by atoms with van der Waals surface area (Å²) in [4.78, 5) is 23.9. The molecule has 0 saturated carbocycles. The molecule has 6 nitrogen and oxygen atoms in total. The van der Waals surface area contributed by atoms with Gasteiger partial charge >= 0.3 is 12.1 Å². The second-order valence-corrected chi connectivity index (χ2v) is 6.51. The van der Waals surface area contributed by atoms with E-state index in [9.17, 15) is 9.59 Å². The summed E-state index contributed by atoms with van der Waals surface area (Å²) in [5.74, 6) is 0.224. The first-order valence-corrected chi connectivity index (χ1v) is 8.28. The molecule has 0 saturated heterocycles. The number of carbonyl (C=O) groups excluding carboxylic acids is 2. The number of anilines is 1. The van der Waals surface area contributed by atoms with E-state index in [4.69, 9.17) is 14.2 Å². The van der Waals surface area contributed by atoms with Crippen molar-refractivity contribution in [3.63, 3.8) is 0 Å². The van der Waals surface area contributed by atoms with Crippen molar-refractivity contribution in [2.75, 3.05) is 18.5 Å². The molecule has 1 N–H and O–H groups in total. The average Bonchev–Trinajstić information content (AvgIpc) is 2.58. The number of para-hydroxylation sites is 1. The van der Waals surface area contributed by atoms with Crippen molar-refractivity contribution in [3.8, 4) is 5.75 Å². The summed E-state index contributed by atoms with van der Waals surface area (Å²) in [6.45, 7) is 5.71. The van der Waals surface area contributed by atoms with Crippen LogP contribution in [0.3, 0.4) is 0 Å². The molecule has 0 radical (unpaired) electrons. The first kappa shape index (κ1) is 19.3. The van der Waals surface area contributed by atoms with E-state index in [1.165, 1.54) is 6.07 Å². The van der Waals surface area contributed by atoms with Gasteiger partial charge in [0.25, 0.3) is 0 Å². The van der Waals surface area contributed by atoms with Crippen LogP contribution < -0.4 is 10.1 Å². The van der Waals surface area contributed by atoms with Gasteiger partial charge in [-0.05, 0) is 51.1 Å². The summed E-state index contributed by atoms with van der Waals surface area (Å²) >= 11 is 0. The van der Waals surface area contributed by atoms with Crippen LogP contribution in [0.25, 0.3) is 0 Å². The van der Waals surface area contributed by atoms with Crippen LogP contribution in [0.1, 0.15) is 31.1 Å². The van der Waals surface area contributed by atoms with Crippen LogP contribution in [0, 0.1) is 0 Å². The summed E-state index contributed by atoms with van der Waals surface area (Å²) in [6.07, 6.45) is -0.584. The molecular weight excluding hydrogens is 334 g/mol. The summed E-state index contributed by atoms with van der Waals surface area (Å²) in [5.41, 5.74) is 0.187. The van der Waals surface area contributed by atoms with Gasteiger partial charge in [-0.15, -0.1) is 0 Å². The van der Waals surface area contributed by atoms with Crippen molar-refractivity contribution in [3.05, 3.63) is 60.2 Å². The monoisotopic (exact) mass is 357 g/mol. The van der Waals surface area contributed by atoms with E-state index in [1.54, 1.807) is 39.0 Å². The topological polar surface area (TPSA) is 73.9 Å². The van der Waals surface area contributed by atoms with Gasteiger partial charge in [-0.1, -0.05) is 24.3 Å². The zero-order valence-electron chi connectivity index (χ0n) is 15.2. The summed E-state index contributed by atoms with van der Waals surface area (Å²) in [5, 5.41) is 2.59. The molecule has 0 spiro atoms. The molecule has 0 bridgehead atoms. The third kappa shape index (κ3) is 6.84. The Kier molecular flexibility index (Phi) is 6.60. The molecule has 2 aromatic carbocycles. The largest absolute Gasteiger partial charge is 0.490 e. The Balaban J connectivity index is 1.82. The summed E-state index contributed by atoms with van der Waals surface area (Å²) in [7, 11) is 0.